The molecule has 3 rings (SSSR count). The first-order valence-electron chi connectivity index (χ1n) is 7.79. The number of fused-ring (bicyclic) bond motifs is 1. The molecule has 1 aromatic carbocycles. The first kappa shape index (κ1) is 16.4. The average molecular weight is 330 g/mol. The van der Waals surface area contributed by atoms with Crippen molar-refractivity contribution >= 4 is 22.8 Å². The number of hydrogen-bond acceptors (Lipinski definition) is 8. The summed E-state index contributed by atoms with van der Waals surface area (Å²) in [5, 5.41) is 7.34. The normalized spacial score (nSPS) is 15.0. The molecule has 2 aromatic rings. The molecule has 8 heteroatoms. The van der Waals surface area contributed by atoms with Crippen LogP contribution in [0.15, 0.2) is 23.2 Å². The number of hydrogen-bond donors (Lipinski definition) is 2. The molecule has 0 fully saturated rings. The number of aliphatic imine (C=N–C) groups is 1. The van der Waals surface area contributed by atoms with Crippen molar-refractivity contribution in [1.82, 2.24) is 20.2 Å². The van der Waals surface area contributed by atoms with Crippen LogP contribution in [0, 0.1) is 6.92 Å². The van der Waals surface area contributed by atoms with Gasteiger partial charge >= 0.3 is 0 Å². The van der Waals surface area contributed by atoms with Gasteiger partial charge in [-0.05, 0) is 13.0 Å². The van der Waals surface area contributed by atoms with E-state index in [1.807, 2.05) is 25.1 Å². The molecule has 0 saturated carbocycles. The fraction of sp³-hybridized carbons (Fsp3) is 0.438. The molecule has 2 N–H and O–H groups in total. The third-order valence-electron chi connectivity index (χ3n) is 3.84. The van der Waals surface area contributed by atoms with E-state index in [0.717, 1.165) is 28.9 Å². The molecule has 1 aromatic heterocycles. The summed E-state index contributed by atoms with van der Waals surface area (Å²) in [5.74, 6) is 1.89. The molecular weight excluding hydrogens is 308 g/mol. The summed E-state index contributed by atoms with van der Waals surface area (Å²) in [6.07, 6.45) is 0. The smallest absolute Gasteiger partial charge is 0.230 e. The van der Waals surface area contributed by atoms with Crippen molar-refractivity contribution in [3.05, 3.63) is 23.9 Å². The Morgan fingerprint density at radius 3 is 2.88 bits per heavy atom. The fourth-order valence-corrected chi connectivity index (χ4v) is 2.52. The number of guanidine groups is 1. The van der Waals surface area contributed by atoms with Crippen LogP contribution < -0.4 is 15.4 Å². The van der Waals surface area contributed by atoms with Crippen LogP contribution in [0.5, 0.6) is 5.75 Å². The molecule has 0 radical (unpaired) electrons. The standard InChI is InChI=1S/C16H22N6O2/c1-11-12-5-4-6-13(24-3)14(12)20-16(19-11)21-15-17-9-22(10-18-15)7-8-23-2/h4-6H,7-10H2,1-3H3,(H2,17,18,19,20,21). The van der Waals surface area contributed by atoms with Crippen molar-refractivity contribution in [3.8, 4) is 5.75 Å². The van der Waals surface area contributed by atoms with Gasteiger partial charge in [-0.15, -0.1) is 0 Å². The van der Waals surface area contributed by atoms with Gasteiger partial charge in [0.25, 0.3) is 0 Å². The lowest BCUT2D eigenvalue weighted by Gasteiger charge is -2.26. The minimum absolute atomic E-state index is 0.501. The van der Waals surface area contributed by atoms with Crippen LogP contribution >= 0.6 is 0 Å². The Morgan fingerprint density at radius 1 is 1.29 bits per heavy atom. The lowest BCUT2D eigenvalue weighted by atomic mass is 10.2. The topological polar surface area (TPSA) is 83.9 Å². The Balaban J connectivity index is 1.77. The van der Waals surface area contributed by atoms with E-state index in [1.165, 1.54) is 0 Å². The lowest BCUT2D eigenvalue weighted by molar-refractivity contribution is 0.145. The van der Waals surface area contributed by atoms with Crippen molar-refractivity contribution in [1.29, 1.82) is 0 Å². The largest absolute Gasteiger partial charge is 0.494 e. The Bertz CT molecular complexity index is 749. The van der Waals surface area contributed by atoms with E-state index in [9.17, 15) is 0 Å². The molecule has 0 saturated heterocycles. The summed E-state index contributed by atoms with van der Waals surface area (Å²) < 4.78 is 10.5. The predicted molar refractivity (Wildman–Crippen MR) is 93.3 cm³/mol. The van der Waals surface area contributed by atoms with Crippen molar-refractivity contribution in [3.63, 3.8) is 0 Å². The zero-order valence-corrected chi connectivity index (χ0v) is 14.2. The second-order valence-electron chi connectivity index (χ2n) is 5.48. The number of methoxy groups -OCH3 is 2. The number of anilines is 1. The number of rotatable bonds is 5. The maximum absolute atomic E-state index is 5.40. The highest BCUT2D eigenvalue weighted by Crippen LogP contribution is 2.26. The molecule has 0 bridgehead atoms. The van der Waals surface area contributed by atoms with Gasteiger partial charge in [0.05, 0.1) is 32.7 Å². The number of nitrogens with zero attached hydrogens (tertiary/aromatic N) is 4. The molecule has 1 aliphatic rings. The minimum Gasteiger partial charge on any atom is -0.494 e. The van der Waals surface area contributed by atoms with Crippen LogP contribution in [0.1, 0.15) is 5.69 Å². The monoisotopic (exact) mass is 330 g/mol. The van der Waals surface area contributed by atoms with Gasteiger partial charge in [-0.25, -0.2) is 15.0 Å². The van der Waals surface area contributed by atoms with Crippen LogP contribution in [0.25, 0.3) is 10.9 Å². The highest BCUT2D eigenvalue weighted by atomic mass is 16.5. The quantitative estimate of drug-likeness (QED) is 0.851. The van der Waals surface area contributed by atoms with Gasteiger partial charge in [0.2, 0.25) is 11.9 Å². The van der Waals surface area contributed by atoms with Gasteiger partial charge in [0, 0.05) is 19.0 Å². The molecule has 0 amide bonds. The van der Waals surface area contributed by atoms with E-state index in [4.69, 9.17) is 9.47 Å². The highest BCUT2D eigenvalue weighted by molar-refractivity contribution is 5.94. The lowest BCUT2D eigenvalue weighted by Crippen LogP contribution is -2.46. The van der Waals surface area contributed by atoms with Gasteiger partial charge in [0.15, 0.2) is 0 Å². The summed E-state index contributed by atoms with van der Waals surface area (Å²) in [7, 11) is 3.34. The van der Waals surface area contributed by atoms with E-state index in [2.05, 4.69) is 30.5 Å². The van der Waals surface area contributed by atoms with E-state index >= 15 is 0 Å². The second-order valence-corrected chi connectivity index (χ2v) is 5.48. The maximum Gasteiger partial charge on any atom is 0.230 e. The number of nitrogens with one attached hydrogen (secondary N) is 2. The Morgan fingerprint density at radius 2 is 2.17 bits per heavy atom. The molecule has 24 heavy (non-hydrogen) atoms. The third-order valence-corrected chi connectivity index (χ3v) is 3.84. The average Bonchev–Trinajstić information content (AvgIpc) is 2.61. The number of aryl methyl sites for hydroxylation is 1. The van der Waals surface area contributed by atoms with Crippen molar-refractivity contribution in [2.75, 3.05) is 46.0 Å². The van der Waals surface area contributed by atoms with Gasteiger partial charge in [0.1, 0.15) is 11.3 Å². The van der Waals surface area contributed by atoms with Crippen LogP contribution in [0.3, 0.4) is 0 Å². The van der Waals surface area contributed by atoms with E-state index < -0.39 is 0 Å². The van der Waals surface area contributed by atoms with Crippen molar-refractivity contribution < 1.29 is 9.47 Å². The number of aromatic nitrogens is 2. The molecule has 0 unspecified atom stereocenters. The summed E-state index contributed by atoms with van der Waals surface area (Å²) in [6, 6.07) is 5.82. The summed E-state index contributed by atoms with van der Waals surface area (Å²) in [4.78, 5) is 15.7. The first-order chi connectivity index (χ1) is 11.7. The Hall–Kier alpha value is -2.45. The fourth-order valence-electron chi connectivity index (χ4n) is 2.52. The Kier molecular flexibility index (Phi) is 5.07. The van der Waals surface area contributed by atoms with Crippen LogP contribution in [0.2, 0.25) is 0 Å². The number of benzene rings is 1. The zero-order valence-electron chi connectivity index (χ0n) is 14.2. The second kappa shape index (κ2) is 7.41. The highest BCUT2D eigenvalue weighted by Gasteiger charge is 2.14. The summed E-state index contributed by atoms with van der Waals surface area (Å²) >= 11 is 0. The van der Waals surface area contributed by atoms with Crippen molar-refractivity contribution in [2.45, 2.75) is 6.92 Å². The molecular formula is C16H22N6O2. The molecule has 1 aliphatic heterocycles. The zero-order chi connectivity index (χ0) is 16.9. The molecule has 8 nitrogen and oxygen atoms in total. The van der Waals surface area contributed by atoms with Crippen molar-refractivity contribution in [2.24, 2.45) is 4.99 Å². The molecule has 128 valence electrons. The molecule has 0 aliphatic carbocycles. The van der Waals surface area contributed by atoms with Crippen LogP contribution in [-0.2, 0) is 4.74 Å². The van der Waals surface area contributed by atoms with E-state index in [0.29, 0.717) is 31.9 Å². The van der Waals surface area contributed by atoms with Crippen LogP contribution in [-0.4, -0.2) is 61.5 Å². The van der Waals surface area contributed by atoms with Crippen LogP contribution in [0.4, 0.5) is 5.95 Å². The summed E-state index contributed by atoms with van der Waals surface area (Å²) in [5.41, 5.74) is 1.67. The molecule has 0 atom stereocenters. The van der Waals surface area contributed by atoms with E-state index in [-0.39, 0.29) is 0 Å². The van der Waals surface area contributed by atoms with Gasteiger partial charge in [-0.3, -0.25) is 10.2 Å². The third kappa shape index (κ3) is 3.55. The molecule has 0 spiro atoms. The van der Waals surface area contributed by atoms with Gasteiger partial charge < -0.3 is 14.8 Å². The first-order valence-corrected chi connectivity index (χ1v) is 7.79. The predicted octanol–water partition coefficient (Wildman–Crippen LogP) is 1.18. The number of ether oxygens (including phenoxy) is 2. The Labute approximate surface area is 140 Å². The van der Waals surface area contributed by atoms with Gasteiger partial charge in [-0.1, -0.05) is 12.1 Å². The number of para-hydroxylation sites is 1. The van der Waals surface area contributed by atoms with Gasteiger partial charge in [-0.2, -0.15) is 0 Å². The minimum atomic E-state index is 0.501. The van der Waals surface area contributed by atoms with E-state index in [1.54, 1.807) is 14.2 Å². The SMILES string of the molecule is COCCN1CN=C(Nc2nc(C)c3cccc(OC)c3n2)NC1. The molecule has 2 heterocycles. The maximum atomic E-state index is 5.40. The summed E-state index contributed by atoms with van der Waals surface area (Å²) in [6.45, 7) is 4.78.